The molecule has 1 heteroatoms. The van der Waals surface area contributed by atoms with Gasteiger partial charge in [-0.15, -0.1) is 0 Å². The second-order valence-corrected chi connectivity index (χ2v) is 12.3. The molecule has 8 rings (SSSR count). The van der Waals surface area contributed by atoms with Gasteiger partial charge >= 0.3 is 0 Å². The van der Waals surface area contributed by atoms with Gasteiger partial charge in [0.2, 0.25) is 0 Å². The third-order valence-electron chi connectivity index (χ3n) is 9.84. The minimum absolute atomic E-state index is 0.0323. The number of hydrogen-bond donors (Lipinski definition) is 1. The zero-order valence-electron chi connectivity index (χ0n) is 23.6. The summed E-state index contributed by atoms with van der Waals surface area (Å²) in [4.78, 5) is 0. The van der Waals surface area contributed by atoms with Crippen LogP contribution in [0.1, 0.15) is 43.7 Å². The van der Waals surface area contributed by atoms with Gasteiger partial charge in [0.05, 0.1) is 0 Å². The number of fused-ring (bicyclic) bond motifs is 8. The Kier molecular flexibility index (Phi) is 5.74. The Morgan fingerprint density at radius 2 is 1.27 bits per heavy atom. The molecule has 0 amide bonds. The largest absolute Gasteiger partial charge is 0.355 e. The lowest BCUT2D eigenvalue weighted by Gasteiger charge is -2.45. The second kappa shape index (κ2) is 9.63. The quantitative estimate of drug-likeness (QED) is 0.228. The van der Waals surface area contributed by atoms with Crippen molar-refractivity contribution in [3.8, 4) is 33.4 Å². The molecule has 0 heterocycles. The number of anilines is 2. The van der Waals surface area contributed by atoms with Gasteiger partial charge in [-0.25, -0.2) is 0 Å². The van der Waals surface area contributed by atoms with Crippen LogP contribution in [0.15, 0.2) is 133 Å². The average Bonchev–Trinajstić information content (AvgIpc) is 3.31. The van der Waals surface area contributed by atoms with Crippen molar-refractivity contribution in [1.29, 1.82) is 0 Å². The summed E-state index contributed by atoms with van der Waals surface area (Å²) < 4.78 is 0. The van der Waals surface area contributed by atoms with E-state index < -0.39 is 0 Å². The summed E-state index contributed by atoms with van der Waals surface area (Å²) in [5, 5.41) is 3.82. The molecule has 5 aromatic rings. The highest BCUT2D eigenvalue weighted by Crippen LogP contribution is 2.62. The second-order valence-electron chi connectivity index (χ2n) is 12.3. The first kappa shape index (κ1) is 24.4. The molecular formula is C40H35N. The van der Waals surface area contributed by atoms with Crippen molar-refractivity contribution in [2.24, 2.45) is 11.8 Å². The maximum Gasteiger partial charge on any atom is 0.0467 e. The van der Waals surface area contributed by atoms with E-state index in [0.717, 1.165) is 11.6 Å². The van der Waals surface area contributed by atoms with Crippen molar-refractivity contribution in [3.05, 3.63) is 144 Å². The molecule has 3 atom stereocenters. The molecule has 1 saturated carbocycles. The number of hydrogen-bond acceptors (Lipinski definition) is 1. The van der Waals surface area contributed by atoms with Crippen molar-refractivity contribution in [1.82, 2.24) is 0 Å². The molecule has 41 heavy (non-hydrogen) atoms. The monoisotopic (exact) mass is 529 g/mol. The summed E-state index contributed by atoms with van der Waals surface area (Å²) >= 11 is 0. The van der Waals surface area contributed by atoms with Crippen LogP contribution < -0.4 is 5.32 Å². The Morgan fingerprint density at radius 3 is 2.02 bits per heavy atom. The standard InChI is InChI=1S/C40H35N/c1-27-24-28-22-23-40(33(25-27)26-28)36-11-6-5-10-35(36)39-37(40)12-7-13-38(39)41-34-20-18-32(19-21-34)31-16-14-30(15-17-31)29-8-3-2-4-9-29/h2-21,25,27-28,41H,22-24,26H2,1H3. The van der Waals surface area contributed by atoms with E-state index in [1.807, 2.05) is 0 Å². The summed E-state index contributed by atoms with van der Waals surface area (Å²) in [5.74, 6) is 1.52. The van der Waals surface area contributed by atoms with E-state index in [1.165, 1.54) is 75.9 Å². The third kappa shape index (κ3) is 3.98. The van der Waals surface area contributed by atoms with Gasteiger partial charge in [0.1, 0.15) is 0 Å². The fourth-order valence-corrected chi connectivity index (χ4v) is 8.04. The van der Waals surface area contributed by atoms with Gasteiger partial charge in [0.15, 0.2) is 0 Å². The Bertz CT molecular complexity index is 1760. The highest BCUT2D eigenvalue weighted by molar-refractivity contribution is 5.93. The van der Waals surface area contributed by atoms with Gasteiger partial charge in [-0.2, -0.15) is 0 Å². The lowest BCUT2D eigenvalue weighted by molar-refractivity contribution is 0.284. The molecule has 1 spiro atoms. The first-order valence-electron chi connectivity index (χ1n) is 15.2. The molecule has 3 aliphatic carbocycles. The normalized spacial score (nSPS) is 22.1. The van der Waals surface area contributed by atoms with Crippen molar-refractivity contribution < 1.29 is 0 Å². The first-order chi connectivity index (χ1) is 20.2. The van der Waals surface area contributed by atoms with Crippen molar-refractivity contribution in [2.45, 2.75) is 38.0 Å². The van der Waals surface area contributed by atoms with E-state index in [9.17, 15) is 0 Å². The Balaban J connectivity index is 1.13. The Labute approximate surface area is 243 Å². The molecule has 5 aromatic carbocycles. The van der Waals surface area contributed by atoms with Crippen LogP contribution in [0.3, 0.4) is 0 Å². The molecule has 0 saturated heterocycles. The van der Waals surface area contributed by atoms with Crippen molar-refractivity contribution >= 4 is 11.4 Å². The van der Waals surface area contributed by atoms with Crippen LogP contribution in [0.2, 0.25) is 0 Å². The average molecular weight is 530 g/mol. The van der Waals surface area contributed by atoms with E-state index in [4.69, 9.17) is 0 Å². The third-order valence-corrected chi connectivity index (χ3v) is 9.84. The number of allylic oxidation sites excluding steroid dienone is 2. The van der Waals surface area contributed by atoms with E-state index in [-0.39, 0.29) is 5.41 Å². The van der Waals surface area contributed by atoms with Crippen molar-refractivity contribution in [2.75, 3.05) is 5.32 Å². The number of benzene rings is 5. The van der Waals surface area contributed by atoms with E-state index in [0.29, 0.717) is 5.92 Å². The molecule has 200 valence electrons. The highest BCUT2D eigenvalue weighted by Gasteiger charge is 2.50. The van der Waals surface area contributed by atoms with Crippen LogP contribution in [0, 0.1) is 11.8 Å². The fraction of sp³-hybridized carbons (Fsp3) is 0.200. The first-order valence-corrected chi connectivity index (χ1v) is 15.2. The van der Waals surface area contributed by atoms with Gasteiger partial charge in [0, 0.05) is 22.4 Å². The zero-order chi connectivity index (χ0) is 27.4. The van der Waals surface area contributed by atoms with E-state index >= 15 is 0 Å². The van der Waals surface area contributed by atoms with Crippen LogP contribution in [0.5, 0.6) is 0 Å². The molecular weight excluding hydrogens is 494 g/mol. The van der Waals surface area contributed by atoms with Gasteiger partial charge in [-0.05, 0) is 94.7 Å². The SMILES string of the molecule is CC1C=C2CC(CCC23c2ccccc2-c2c(Nc4ccc(-c5ccc(-c6ccccc6)cc5)cc4)cccc23)C1. The molecule has 0 aliphatic heterocycles. The number of nitrogens with one attached hydrogen (secondary N) is 1. The molecule has 1 fully saturated rings. The van der Waals surface area contributed by atoms with Crippen LogP contribution in [0.25, 0.3) is 33.4 Å². The topological polar surface area (TPSA) is 12.0 Å². The predicted octanol–water partition coefficient (Wildman–Crippen LogP) is 10.8. The van der Waals surface area contributed by atoms with E-state index in [1.54, 1.807) is 5.57 Å². The lowest BCUT2D eigenvalue weighted by Crippen LogP contribution is -2.36. The maximum absolute atomic E-state index is 3.82. The molecule has 2 bridgehead atoms. The lowest BCUT2D eigenvalue weighted by atomic mass is 9.58. The predicted molar refractivity (Wildman–Crippen MR) is 172 cm³/mol. The summed E-state index contributed by atoms with van der Waals surface area (Å²) in [7, 11) is 0. The summed E-state index contributed by atoms with van der Waals surface area (Å²) in [6.07, 6.45) is 7.77. The maximum atomic E-state index is 3.82. The molecule has 3 unspecified atom stereocenters. The van der Waals surface area contributed by atoms with Gasteiger partial charge in [-0.3, -0.25) is 0 Å². The highest BCUT2D eigenvalue weighted by atomic mass is 14.9. The van der Waals surface area contributed by atoms with Crippen LogP contribution >= 0.6 is 0 Å². The van der Waals surface area contributed by atoms with Gasteiger partial charge in [-0.1, -0.05) is 122 Å². The fourth-order valence-electron chi connectivity index (χ4n) is 8.04. The summed E-state index contributed by atoms with van der Waals surface area (Å²) in [5.41, 5.74) is 14.8. The summed E-state index contributed by atoms with van der Waals surface area (Å²) in [6.45, 7) is 2.41. The molecule has 0 aromatic heterocycles. The zero-order valence-corrected chi connectivity index (χ0v) is 23.6. The molecule has 1 nitrogen and oxygen atoms in total. The van der Waals surface area contributed by atoms with Crippen molar-refractivity contribution in [3.63, 3.8) is 0 Å². The minimum atomic E-state index is 0.0323. The molecule has 3 aliphatic rings. The molecule has 1 N–H and O–H groups in total. The van der Waals surface area contributed by atoms with Crippen LogP contribution in [-0.4, -0.2) is 0 Å². The Hall–Kier alpha value is -4.36. The van der Waals surface area contributed by atoms with Gasteiger partial charge < -0.3 is 5.32 Å². The number of rotatable bonds is 4. The molecule has 0 radical (unpaired) electrons. The van der Waals surface area contributed by atoms with Crippen LogP contribution in [-0.2, 0) is 5.41 Å². The minimum Gasteiger partial charge on any atom is -0.355 e. The van der Waals surface area contributed by atoms with Gasteiger partial charge in [0.25, 0.3) is 0 Å². The smallest absolute Gasteiger partial charge is 0.0467 e. The van der Waals surface area contributed by atoms with E-state index in [2.05, 4.69) is 140 Å². The van der Waals surface area contributed by atoms with Crippen LogP contribution in [0.4, 0.5) is 11.4 Å². The summed E-state index contributed by atoms with van der Waals surface area (Å²) in [6, 6.07) is 44.4. The Morgan fingerprint density at radius 1 is 0.634 bits per heavy atom.